The van der Waals surface area contributed by atoms with E-state index >= 15 is 0 Å². The fourth-order valence-corrected chi connectivity index (χ4v) is 5.41. The fraction of sp³-hybridized carbons (Fsp3) is 0.296. The van der Waals surface area contributed by atoms with Crippen molar-refractivity contribution < 1.29 is 19.1 Å². The van der Waals surface area contributed by atoms with E-state index < -0.39 is 17.4 Å². The molecule has 0 saturated carbocycles. The van der Waals surface area contributed by atoms with E-state index in [9.17, 15) is 14.4 Å². The van der Waals surface area contributed by atoms with Crippen LogP contribution in [0.25, 0.3) is 11.3 Å². The highest BCUT2D eigenvalue weighted by Crippen LogP contribution is 2.40. The maximum atomic E-state index is 14.0. The van der Waals surface area contributed by atoms with Gasteiger partial charge in [-0.3, -0.25) is 19.5 Å². The number of imide groups is 1. The summed E-state index contributed by atoms with van der Waals surface area (Å²) in [6, 6.07) is 11.8. The molecule has 1 N–H and O–H groups in total. The maximum absolute atomic E-state index is 14.0. The van der Waals surface area contributed by atoms with E-state index in [1.807, 2.05) is 4.90 Å². The van der Waals surface area contributed by atoms with Crippen LogP contribution in [-0.2, 0) is 9.59 Å². The molecule has 4 heterocycles. The number of fused-ring (bicyclic) bond motifs is 1. The number of aromatic nitrogens is 2. The first-order chi connectivity index (χ1) is 18.4. The minimum Gasteiger partial charge on any atom is -0.454 e. The van der Waals surface area contributed by atoms with E-state index in [-0.39, 0.29) is 23.6 Å². The zero-order chi connectivity index (χ0) is 26.6. The maximum Gasteiger partial charge on any atom is 0.282 e. The van der Waals surface area contributed by atoms with Crippen LogP contribution in [0.4, 0.5) is 5.69 Å². The van der Waals surface area contributed by atoms with Crippen LogP contribution in [0.2, 0.25) is 5.02 Å². The van der Waals surface area contributed by atoms with Crippen molar-refractivity contribution in [2.24, 2.45) is 0 Å². The molecule has 3 aliphatic rings. The largest absolute Gasteiger partial charge is 0.454 e. The number of piperazine rings is 1. The summed E-state index contributed by atoms with van der Waals surface area (Å²) >= 11 is 6.16. The monoisotopic (exact) mass is 535 g/mol. The van der Waals surface area contributed by atoms with Crippen LogP contribution in [0.1, 0.15) is 18.2 Å². The lowest BCUT2D eigenvalue weighted by Gasteiger charge is -2.35. The fourth-order valence-electron chi connectivity index (χ4n) is 5.22. The number of amides is 2. The molecule has 3 aliphatic heterocycles. The van der Waals surface area contributed by atoms with Gasteiger partial charge in [0.05, 0.1) is 22.5 Å². The summed E-state index contributed by atoms with van der Waals surface area (Å²) in [5.41, 5.74) is 1.42. The zero-order valence-electron chi connectivity index (χ0n) is 21.0. The Morgan fingerprint density at radius 2 is 1.68 bits per heavy atom. The minimum absolute atomic E-state index is 0.0721. The Hall–Kier alpha value is -4.02. The summed E-state index contributed by atoms with van der Waals surface area (Å²) in [5.74, 6) is -0.0269. The summed E-state index contributed by atoms with van der Waals surface area (Å²) in [6.07, 6.45) is 0. The molecular weight excluding hydrogens is 510 g/mol. The lowest BCUT2D eigenvalue weighted by Crippen LogP contribution is -2.47. The van der Waals surface area contributed by atoms with Gasteiger partial charge in [-0.2, -0.15) is 0 Å². The molecule has 2 amide bonds. The molecule has 2 aromatic carbocycles. The predicted octanol–water partition coefficient (Wildman–Crippen LogP) is 2.78. The van der Waals surface area contributed by atoms with Gasteiger partial charge in [-0.1, -0.05) is 24.6 Å². The van der Waals surface area contributed by atoms with Crippen LogP contribution in [0.15, 0.2) is 53.0 Å². The molecular formula is C27H26ClN5O5. The number of nitrogens with one attached hydrogen (secondary N) is 1. The van der Waals surface area contributed by atoms with Gasteiger partial charge in [0.25, 0.3) is 17.4 Å². The van der Waals surface area contributed by atoms with Crippen LogP contribution >= 0.6 is 11.6 Å². The zero-order valence-corrected chi connectivity index (χ0v) is 21.7. The van der Waals surface area contributed by atoms with Gasteiger partial charge in [0.1, 0.15) is 5.70 Å². The van der Waals surface area contributed by atoms with E-state index in [1.54, 1.807) is 49.4 Å². The average Bonchev–Trinajstić information content (AvgIpc) is 3.57. The Balaban J connectivity index is 1.49. The van der Waals surface area contributed by atoms with Gasteiger partial charge < -0.3 is 19.3 Å². The van der Waals surface area contributed by atoms with Crippen LogP contribution in [0, 0.1) is 6.92 Å². The van der Waals surface area contributed by atoms with Crippen LogP contribution in [0.3, 0.4) is 0 Å². The molecule has 1 aromatic heterocycles. The second-order valence-corrected chi connectivity index (χ2v) is 9.80. The number of rotatable bonds is 5. The molecule has 0 unspecified atom stereocenters. The van der Waals surface area contributed by atoms with Crippen molar-refractivity contribution >= 4 is 34.7 Å². The molecule has 11 heteroatoms. The average molecular weight is 536 g/mol. The summed E-state index contributed by atoms with van der Waals surface area (Å²) < 4.78 is 12.2. The first kappa shape index (κ1) is 24.3. The number of H-pyrrole nitrogens is 1. The van der Waals surface area contributed by atoms with Crippen molar-refractivity contribution in [1.29, 1.82) is 0 Å². The first-order valence-electron chi connectivity index (χ1n) is 12.4. The van der Waals surface area contributed by atoms with Crippen molar-refractivity contribution in [1.82, 2.24) is 19.6 Å². The number of aromatic amines is 1. The van der Waals surface area contributed by atoms with Gasteiger partial charge in [0.2, 0.25) is 6.79 Å². The number of ether oxygens (including phenoxy) is 2. The quantitative estimate of drug-likeness (QED) is 0.501. The molecule has 0 bridgehead atoms. The third kappa shape index (κ3) is 3.88. The molecule has 0 radical (unpaired) electrons. The Kier molecular flexibility index (Phi) is 6.00. The van der Waals surface area contributed by atoms with Gasteiger partial charge >= 0.3 is 0 Å². The lowest BCUT2D eigenvalue weighted by molar-refractivity contribution is -0.120. The highest BCUT2D eigenvalue weighted by Gasteiger charge is 2.45. The van der Waals surface area contributed by atoms with Crippen molar-refractivity contribution in [3.63, 3.8) is 0 Å². The van der Waals surface area contributed by atoms with Crippen LogP contribution < -0.4 is 19.9 Å². The Morgan fingerprint density at radius 3 is 2.42 bits per heavy atom. The number of halogens is 1. The molecule has 1 saturated heterocycles. The van der Waals surface area contributed by atoms with Crippen molar-refractivity contribution in [3.05, 3.63) is 74.8 Å². The Bertz CT molecular complexity index is 1550. The number of carbonyl (C=O) groups is 2. The summed E-state index contributed by atoms with van der Waals surface area (Å²) in [4.78, 5) is 47.1. The van der Waals surface area contributed by atoms with Gasteiger partial charge in [0.15, 0.2) is 11.5 Å². The highest BCUT2D eigenvalue weighted by atomic mass is 35.5. The smallest absolute Gasteiger partial charge is 0.282 e. The molecule has 6 rings (SSSR count). The Labute approximate surface area is 223 Å². The van der Waals surface area contributed by atoms with E-state index in [4.69, 9.17) is 21.1 Å². The van der Waals surface area contributed by atoms with E-state index in [0.717, 1.165) is 24.5 Å². The van der Waals surface area contributed by atoms with Gasteiger partial charge in [-0.05, 0) is 43.8 Å². The van der Waals surface area contributed by atoms with E-state index in [0.29, 0.717) is 46.7 Å². The number of anilines is 1. The van der Waals surface area contributed by atoms with Crippen LogP contribution in [-0.4, -0.2) is 70.9 Å². The molecule has 0 atom stereocenters. The van der Waals surface area contributed by atoms with Gasteiger partial charge in [-0.25, -0.2) is 9.58 Å². The van der Waals surface area contributed by atoms with Crippen LogP contribution in [0.5, 0.6) is 11.5 Å². The third-order valence-corrected chi connectivity index (χ3v) is 7.43. The number of likely N-dealkylation sites (N-methyl/N-ethyl adjacent to an activating group) is 1. The second-order valence-electron chi connectivity index (χ2n) is 9.36. The normalized spacial score (nSPS) is 17.8. The molecule has 0 aliphatic carbocycles. The topological polar surface area (TPSA) is 100 Å². The first-order valence-corrected chi connectivity index (χ1v) is 12.8. The number of hydrogen-bond donors (Lipinski definition) is 1. The second kappa shape index (κ2) is 9.38. The summed E-state index contributed by atoms with van der Waals surface area (Å²) in [7, 11) is 0. The van der Waals surface area contributed by atoms with Crippen molar-refractivity contribution in [3.8, 4) is 17.2 Å². The molecule has 0 spiro atoms. The van der Waals surface area contributed by atoms with Gasteiger partial charge in [0, 0.05) is 43.0 Å². The summed E-state index contributed by atoms with van der Waals surface area (Å²) in [5, 5.41) is 3.53. The number of carbonyl (C=O) groups excluding carboxylic acids is 2. The van der Waals surface area contributed by atoms with E-state index in [2.05, 4.69) is 16.9 Å². The lowest BCUT2D eigenvalue weighted by atomic mass is 10.0. The Morgan fingerprint density at radius 1 is 0.921 bits per heavy atom. The number of hydrogen-bond acceptors (Lipinski definition) is 7. The summed E-state index contributed by atoms with van der Waals surface area (Å²) in [6.45, 7) is 7.40. The van der Waals surface area contributed by atoms with Crippen molar-refractivity contribution in [2.75, 3.05) is 44.4 Å². The molecule has 1 fully saturated rings. The number of aryl methyl sites for hydroxylation is 1. The molecule has 38 heavy (non-hydrogen) atoms. The van der Waals surface area contributed by atoms with Gasteiger partial charge in [-0.15, -0.1) is 0 Å². The highest BCUT2D eigenvalue weighted by molar-refractivity contribution is 6.45. The predicted molar refractivity (Wildman–Crippen MR) is 142 cm³/mol. The minimum atomic E-state index is -0.556. The number of benzene rings is 2. The van der Waals surface area contributed by atoms with E-state index in [1.165, 1.54) is 4.68 Å². The number of nitrogens with zero attached hydrogens (tertiary/aromatic N) is 4. The molecule has 10 nitrogen and oxygen atoms in total. The molecule has 3 aromatic rings. The molecule has 196 valence electrons. The SMILES string of the molecule is CCN1CCN(C2=C(c3c(C)[nH]n(-c4cccc(Cl)c4)c3=O)C(=O)N(c3ccc4c(c3)OCO4)C2=O)CC1. The third-order valence-electron chi connectivity index (χ3n) is 7.20. The van der Waals surface area contributed by atoms with Crippen molar-refractivity contribution in [2.45, 2.75) is 13.8 Å². The standard InChI is InChI=1S/C27H26ClN5O5/c1-3-30-9-11-31(12-10-30)24-23(22-16(2)29-33(26(22)35)19-6-4-5-17(28)13-19)25(34)32(27(24)36)18-7-8-20-21(14-18)38-15-37-20/h4-8,13-14,29H,3,9-12,15H2,1-2H3.